The van der Waals surface area contributed by atoms with E-state index in [0.29, 0.717) is 12.2 Å². The highest BCUT2D eigenvalue weighted by atomic mass is 32.2. The number of ketones is 1. The topological polar surface area (TPSA) is 17.1 Å². The van der Waals surface area contributed by atoms with Crippen LogP contribution in [0.4, 0.5) is 13.2 Å². The molecule has 0 aromatic heterocycles. The number of carbonyl (C=O) groups is 1. The van der Waals surface area contributed by atoms with Gasteiger partial charge in [0, 0.05) is 0 Å². The van der Waals surface area contributed by atoms with Crippen molar-refractivity contribution in [1.82, 2.24) is 0 Å². The van der Waals surface area contributed by atoms with Gasteiger partial charge in [0.1, 0.15) is 0 Å². The van der Waals surface area contributed by atoms with Crippen molar-refractivity contribution in [3.05, 3.63) is 0 Å². The largest absolute Gasteiger partial charge is 0.451 e. The number of thioether (sulfide) groups is 1. The quantitative estimate of drug-likeness (QED) is 0.620. The maximum atomic E-state index is 11.7. The molecule has 0 amide bonds. The Balaban J connectivity index is 2.53. The molecule has 0 N–H and O–H groups in total. The molecule has 0 aromatic rings. The van der Waals surface area contributed by atoms with Gasteiger partial charge in [-0.2, -0.15) is 24.9 Å². The summed E-state index contributed by atoms with van der Waals surface area (Å²) in [5.41, 5.74) is 0. The first kappa shape index (κ1) is 8.90. The summed E-state index contributed by atoms with van der Waals surface area (Å²) >= 11 is 1.11. The van der Waals surface area contributed by atoms with Gasteiger partial charge in [0.25, 0.3) is 0 Å². The maximum Gasteiger partial charge on any atom is 0.451 e. The first-order valence-corrected chi connectivity index (χ1v) is 4.29. The average Bonchev–Trinajstić information content (AvgIpc) is 2.34. The summed E-state index contributed by atoms with van der Waals surface area (Å²) in [6, 6.07) is 0. The smallest absolute Gasteiger partial charge is 0.288 e. The van der Waals surface area contributed by atoms with Gasteiger partial charge in [0.2, 0.25) is 5.78 Å². The van der Waals surface area contributed by atoms with Crippen molar-refractivity contribution in [2.75, 3.05) is 5.75 Å². The van der Waals surface area contributed by atoms with Crippen molar-refractivity contribution in [2.45, 2.75) is 24.3 Å². The van der Waals surface area contributed by atoms with Crippen LogP contribution < -0.4 is 0 Å². The first-order chi connectivity index (χ1) is 5.02. The van der Waals surface area contributed by atoms with Crippen LogP contribution in [-0.4, -0.2) is 23.0 Å². The van der Waals surface area contributed by atoms with Gasteiger partial charge in [-0.25, -0.2) is 0 Å². The summed E-state index contributed by atoms with van der Waals surface area (Å²) in [7, 11) is 0. The highest BCUT2D eigenvalue weighted by Crippen LogP contribution is 2.32. The maximum absolute atomic E-state index is 11.7. The second-order valence-electron chi connectivity index (χ2n) is 2.36. The molecule has 1 fully saturated rings. The average molecular weight is 184 g/mol. The van der Waals surface area contributed by atoms with Crippen LogP contribution in [0.25, 0.3) is 0 Å². The molecule has 0 aromatic carbocycles. The van der Waals surface area contributed by atoms with Crippen LogP contribution in [0.1, 0.15) is 12.8 Å². The minimum atomic E-state index is -4.64. The molecule has 11 heavy (non-hydrogen) atoms. The second-order valence-corrected chi connectivity index (χ2v) is 3.67. The molecule has 0 aliphatic carbocycles. The lowest BCUT2D eigenvalue weighted by molar-refractivity contribution is -0.170. The Morgan fingerprint density at radius 1 is 1.45 bits per heavy atom. The molecule has 0 radical (unpaired) electrons. The van der Waals surface area contributed by atoms with E-state index < -0.39 is 17.2 Å². The summed E-state index contributed by atoms with van der Waals surface area (Å²) in [5.74, 6) is -0.896. The second kappa shape index (κ2) is 3.05. The molecule has 0 saturated carbocycles. The third-order valence-corrected chi connectivity index (χ3v) is 2.88. The summed E-state index contributed by atoms with van der Waals surface area (Å²) in [6.45, 7) is 0. The first-order valence-electron chi connectivity index (χ1n) is 3.24. The van der Waals surface area contributed by atoms with Crippen LogP contribution in [-0.2, 0) is 4.79 Å². The van der Waals surface area contributed by atoms with Crippen molar-refractivity contribution >= 4 is 17.5 Å². The van der Waals surface area contributed by atoms with Gasteiger partial charge in [0.05, 0.1) is 5.25 Å². The summed E-state index contributed by atoms with van der Waals surface area (Å²) in [5, 5.41) is -0.824. The van der Waals surface area contributed by atoms with Crippen LogP contribution in [0.5, 0.6) is 0 Å². The lowest BCUT2D eigenvalue weighted by Gasteiger charge is -2.09. The standard InChI is InChI=1S/C6H7F3OS/c7-6(8,9)5(10)4-2-1-3-11-4/h4H,1-3H2. The third-order valence-electron chi connectivity index (χ3n) is 1.50. The summed E-state index contributed by atoms with van der Waals surface area (Å²) < 4.78 is 35.2. The molecular formula is C6H7F3OS. The minimum absolute atomic E-state index is 0.378. The minimum Gasteiger partial charge on any atom is -0.288 e. The van der Waals surface area contributed by atoms with Crippen molar-refractivity contribution in [1.29, 1.82) is 0 Å². The number of halogens is 3. The van der Waals surface area contributed by atoms with Crippen LogP contribution >= 0.6 is 11.8 Å². The number of Topliss-reactive ketones (excluding diaryl/α,β-unsaturated/α-hetero) is 1. The molecule has 1 nitrogen and oxygen atoms in total. The van der Waals surface area contributed by atoms with E-state index >= 15 is 0 Å². The van der Waals surface area contributed by atoms with E-state index in [-0.39, 0.29) is 0 Å². The summed E-state index contributed by atoms with van der Waals surface area (Å²) in [6.07, 6.45) is -3.54. The molecule has 1 aliphatic heterocycles. The van der Waals surface area contributed by atoms with Crippen LogP contribution in [0.3, 0.4) is 0 Å². The monoisotopic (exact) mass is 184 g/mol. The Labute approximate surface area is 66.3 Å². The highest BCUT2D eigenvalue weighted by molar-refractivity contribution is 8.00. The molecule has 1 rings (SSSR count). The fourth-order valence-electron chi connectivity index (χ4n) is 0.967. The summed E-state index contributed by atoms with van der Waals surface area (Å²) in [4.78, 5) is 10.5. The normalized spacial score (nSPS) is 25.5. The van der Waals surface area contributed by atoms with Crippen molar-refractivity contribution in [3.63, 3.8) is 0 Å². The predicted octanol–water partition coefficient (Wildman–Crippen LogP) is 2.01. The number of hydrogen-bond acceptors (Lipinski definition) is 2. The van der Waals surface area contributed by atoms with Gasteiger partial charge in [-0.15, -0.1) is 0 Å². The molecule has 5 heteroatoms. The van der Waals surface area contributed by atoms with Crippen molar-refractivity contribution < 1.29 is 18.0 Å². The zero-order valence-electron chi connectivity index (χ0n) is 5.65. The van der Waals surface area contributed by atoms with E-state index in [4.69, 9.17) is 0 Å². The van der Waals surface area contributed by atoms with Crippen molar-refractivity contribution in [2.24, 2.45) is 0 Å². The van der Waals surface area contributed by atoms with E-state index in [1.165, 1.54) is 0 Å². The fraction of sp³-hybridized carbons (Fsp3) is 0.833. The lowest BCUT2D eigenvalue weighted by Crippen LogP contribution is -2.30. The molecule has 64 valence electrons. The van der Waals surface area contributed by atoms with Gasteiger partial charge in [-0.1, -0.05) is 0 Å². The Kier molecular flexibility index (Phi) is 2.47. The Hall–Kier alpha value is -0.190. The number of rotatable bonds is 1. The van der Waals surface area contributed by atoms with Gasteiger partial charge in [0.15, 0.2) is 0 Å². The third kappa shape index (κ3) is 2.12. The number of hydrogen-bond donors (Lipinski definition) is 0. The Morgan fingerprint density at radius 2 is 2.09 bits per heavy atom. The molecule has 1 unspecified atom stereocenters. The highest BCUT2D eigenvalue weighted by Gasteiger charge is 2.44. The predicted molar refractivity (Wildman–Crippen MR) is 36.5 cm³/mol. The Morgan fingerprint density at radius 3 is 2.45 bits per heavy atom. The van der Waals surface area contributed by atoms with E-state index in [2.05, 4.69) is 0 Å². The van der Waals surface area contributed by atoms with Gasteiger partial charge >= 0.3 is 6.18 Å². The van der Waals surface area contributed by atoms with Gasteiger partial charge in [-0.05, 0) is 18.6 Å². The zero-order valence-corrected chi connectivity index (χ0v) is 6.47. The fourth-order valence-corrected chi connectivity index (χ4v) is 2.20. The van der Waals surface area contributed by atoms with Gasteiger partial charge in [-0.3, -0.25) is 4.79 Å². The number of carbonyl (C=O) groups excluding carboxylic acids is 1. The van der Waals surface area contributed by atoms with E-state index in [1.54, 1.807) is 0 Å². The lowest BCUT2D eigenvalue weighted by atomic mass is 10.2. The molecule has 1 aliphatic rings. The van der Waals surface area contributed by atoms with E-state index in [1.807, 2.05) is 0 Å². The van der Waals surface area contributed by atoms with E-state index in [9.17, 15) is 18.0 Å². The van der Waals surface area contributed by atoms with Crippen LogP contribution in [0.15, 0.2) is 0 Å². The molecule has 0 bridgehead atoms. The van der Waals surface area contributed by atoms with Crippen molar-refractivity contribution in [3.8, 4) is 0 Å². The Bertz CT molecular complexity index is 160. The molecule has 0 spiro atoms. The molecule has 1 atom stereocenters. The van der Waals surface area contributed by atoms with E-state index in [0.717, 1.165) is 18.2 Å². The van der Waals surface area contributed by atoms with Gasteiger partial charge < -0.3 is 0 Å². The SMILES string of the molecule is O=C(C1CCCS1)C(F)(F)F. The van der Waals surface area contributed by atoms with Crippen LogP contribution in [0.2, 0.25) is 0 Å². The molecule has 1 heterocycles. The van der Waals surface area contributed by atoms with Crippen LogP contribution in [0, 0.1) is 0 Å². The molecular weight excluding hydrogens is 177 g/mol. The molecule has 1 saturated heterocycles. The zero-order chi connectivity index (χ0) is 8.48. The number of alkyl halides is 3.